The van der Waals surface area contributed by atoms with E-state index in [4.69, 9.17) is 5.73 Å². The second-order valence-electron chi connectivity index (χ2n) is 8.39. The normalized spacial score (nSPS) is 11.5. The van der Waals surface area contributed by atoms with Gasteiger partial charge in [0.25, 0.3) is 0 Å². The van der Waals surface area contributed by atoms with Gasteiger partial charge in [0, 0.05) is 5.69 Å². The van der Waals surface area contributed by atoms with E-state index in [1.807, 2.05) is 30.3 Å². The number of benzene rings is 5. The first kappa shape index (κ1) is 20.8. The molecule has 5 aromatic carbocycles. The highest BCUT2D eigenvalue weighted by atomic mass is 14.5. The SMILES string of the molecule is Nc1ccccc1.c1ccc2c(c1)Cc1ccccc1-2.c1ccc2c(c1)Cc1ccccc1-2. The molecule has 1 nitrogen and oxygen atoms in total. The molecule has 2 aliphatic rings. The number of anilines is 1. The summed E-state index contributed by atoms with van der Waals surface area (Å²) in [5.74, 6) is 0. The highest BCUT2D eigenvalue weighted by molar-refractivity contribution is 5.77. The Labute approximate surface area is 196 Å². The molecule has 0 saturated carbocycles. The zero-order valence-corrected chi connectivity index (χ0v) is 18.6. The standard InChI is InChI=1S/2C13H10.C6H7N/c2*1-3-7-12-10(5-1)9-11-6-2-4-8-13(11)12;7-6-4-2-1-3-5-6/h2*1-8H,9H2;1-5H,7H2. The van der Waals surface area contributed by atoms with E-state index in [-0.39, 0.29) is 0 Å². The molecule has 0 unspecified atom stereocenters. The fraction of sp³-hybridized carbons (Fsp3) is 0.0625. The summed E-state index contributed by atoms with van der Waals surface area (Å²) in [6.07, 6.45) is 2.21. The van der Waals surface area contributed by atoms with Gasteiger partial charge in [-0.2, -0.15) is 0 Å². The molecule has 0 aliphatic heterocycles. The fourth-order valence-corrected chi connectivity index (χ4v) is 4.61. The van der Waals surface area contributed by atoms with E-state index in [9.17, 15) is 0 Å². The van der Waals surface area contributed by atoms with Crippen LogP contribution < -0.4 is 5.73 Å². The third-order valence-electron chi connectivity index (χ3n) is 6.21. The van der Waals surface area contributed by atoms with Crippen molar-refractivity contribution in [1.29, 1.82) is 0 Å². The fourth-order valence-electron chi connectivity index (χ4n) is 4.61. The smallest absolute Gasteiger partial charge is 0.0313 e. The summed E-state index contributed by atoms with van der Waals surface area (Å²) in [7, 11) is 0. The molecule has 0 amide bonds. The monoisotopic (exact) mass is 425 g/mol. The largest absolute Gasteiger partial charge is 0.399 e. The van der Waals surface area contributed by atoms with Crippen molar-refractivity contribution >= 4 is 5.69 Å². The van der Waals surface area contributed by atoms with E-state index in [1.54, 1.807) is 0 Å². The van der Waals surface area contributed by atoms with Crippen LogP contribution >= 0.6 is 0 Å². The third-order valence-corrected chi connectivity index (χ3v) is 6.21. The molecule has 33 heavy (non-hydrogen) atoms. The number of fused-ring (bicyclic) bond motifs is 6. The van der Waals surface area contributed by atoms with E-state index in [1.165, 1.54) is 44.5 Å². The van der Waals surface area contributed by atoms with Crippen molar-refractivity contribution < 1.29 is 0 Å². The van der Waals surface area contributed by atoms with Gasteiger partial charge in [0.05, 0.1) is 0 Å². The van der Waals surface area contributed by atoms with Crippen LogP contribution in [0.4, 0.5) is 5.69 Å². The maximum Gasteiger partial charge on any atom is 0.0313 e. The van der Waals surface area contributed by atoms with Gasteiger partial charge < -0.3 is 5.73 Å². The van der Waals surface area contributed by atoms with Crippen molar-refractivity contribution in [3.05, 3.63) is 150 Å². The quantitative estimate of drug-likeness (QED) is 0.247. The van der Waals surface area contributed by atoms with Crippen LogP contribution in [0.15, 0.2) is 127 Å². The predicted molar refractivity (Wildman–Crippen MR) is 140 cm³/mol. The van der Waals surface area contributed by atoms with E-state index < -0.39 is 0 Å². The lowest BCUT2D eigenvalue weighted by Crippen LogP contribution is -1.79. The molecule has 0 aromatic heterocycles. The van der Waals surface area contributed by atoms with E-state index in [0.29, 0.717) is 0 Å². The Hall–Kier alpha value is -4.10. The van der Waals surface area contributed by atoms with Crippen molar-refractivity contribution in [1.82, 2.24) is 0 Å². The Morgan fingerprint density at radius 2 is 0.606 bits per heavy atom. The van der Waals surface area contributed by atoms with Crippen LogP contribution in [-0.4, -0.2) is 0 Å². The molecular formula is C32H27N. The summed E-state index contributed by atoms with van der Waals surface area (Å²) in [5.41, 5.74) is 17.7. The van der Waals surface area contributed by atoms with E-state index in [0.717, 1.165) is 18.5 Å². The molecular weight excluding hydrogens is 398 g/mol. The molecule has 0 heterocycles. The first-order valence-corrected chi connectivity index (χ1v) is 11.4. The average Bonchev–Trinajstić information content (AvgIpc) is 3.44. The molecule has 1 heteroatoms. The summed E-state index contributed by atoms with van der Waals surface area (Å²) < 4.78 is 0. The first-order valence-electron chi connectivity index (χ1n) is 11.4. The molecule has 7 rings (SSSR count). The summed E-state index contributed by atoms with van der Waals surface area (Å²) in [6.45, 7) is 0. The Morgan fingerprint density at radius 3 is 0.879 bits per heavy atom. The number of hydrogen-bond donors (Lipinski definition) is 1. The van der Waals surface area contributed by atoms with Crippen molar-refractivity contribution in [3.63, 3.8) is 0 Å². The van der Waals surface area contributed by atoms with Crippen molar-refractivity contribution in [2.75, 3.05) is 5.73 Å². The minimum absolute atomic E-state index is 0.822. The minimum Gasteiger partial charge on any atom is -0.399 e. The van der Waals surface area contributed by atoms with Gasteiger partial charge in [-0.25, -0.2) is 0 Å². The lowest BCUT2D eigenvalue weighted by molar-refractivity contribution is 1.26. The lowest BCUT2D eigenvalue weighted by atomic mass is 10.1. The van der Waals surface area contributed by atoms with Crippen molar-refractivity contribution in [3.8, 4) is 22.3 Å². The third kappa shape index (κ3) is 4.58. The van der Waals surface area contributed by atoms with Crippen LogP contribution in [0.2, 0.25) is 0 Å². The van der Waals surface area contributed by atoms with Crippen LogP contribution in [0.3, 0.4) is 0 Å². The molecule has 0 bridgehead atoms. The number of hydrogen-bond acceptors (Lipinski definition) is 1. The number of rotatable bonds is 0. The van der Waals surface area contributed by atoms with Crippen LogP contribution in [0.5, 0.6) is 0 Å². The molecule has 0 atom stereocenters. The van der Waals surface area contributed by atoms with Gasteiger partial charge >= 0.3 is 0 Å². The Morgan fingerprint density at radius 1 is 0.333 bits per heavy atom. The number of nitrogen functional groups attached to an aromatic ring is 1. The van der Waals surface area contributed by atoms with Crippen molar-refractivity contribution in [2.45, 2.75) is 12.8 Å². The molecule has 0 radical (unpaired) electrons. The van der Waals surface area contributed by atoms with Gasteiger partial charge in [-0.3, -0.25) is 0 Å². The first-order chi connectivity index (χ1) is 16.3. The summed E-state index contributed by atoms with van der Waals surface area (Å²) in [6, 6.07) is 44.1. The van der Waals surface area contributed by atoms with Crippen LogP contribution in [0.25, 0.3) is 22.3 Å². The summed E-state index contributed by atoms with van der Waals surface area (Å²) in [5, 5.41) is 0. The van der Waals surface area contributed by atoms with E-state index in [2.05, 4.69) is 97.1 Å². The maximum absolute atomic E-state index is 5.36. The van der Waals surface area contributed by atoms with Crippen LogP contribution in [0, 0.1) is 0 Å². The van der Waals surface area contributed by atoms with Gasteiger partial charge in [-0.05, 0) is 69.5 Å². The Balaban J connectivity index is 0.000000109. The van der Waals surface area contributed by atoms with E-state index >= 15 is 0 Å². The summed E-state index contributed by atoms with van der Waals surface area (Å²) >= 11 is 0. The highest BCUT2D eigenvalue weighted by Gasteiger charge is 2.16. The van der Waals surface area contributed by atoms with Crippen LogP contribution in [-0.2, 0) is 12.8 Å². The maximum atomic E-state index is 5.36. The number of nitrogens with two attached hydrogens (primary N) is 1. The van der Waals surface area contributed by atoms with Crippen LogP contribution in [0.1, 0.15) is 22.3 Å². The summed E-state index contributed by atoms with van der Waals surface area (Å²) in [4.78, 5) is 0. The average molecular weight is 426 g/mol. The van der Waals surface area contributed by atoms with Gasteiger partial charge in [-0.1, -0.05) is 115 Å². The Bertz CT molecular complexity index is 1190. The van der Waals surface area contributed by atoms with Crippen molar-refractivity contribution in [2.24, 2.45) is 0 Å². The lowest BCUT2D eigenvalue weighted by Gasteiger charge is -1.98. The second-order valence-corrected chi connectivity index (χ2v) is 8.39. The van der Waals surface area contributed by atoms with Gasteiger partial charge in [-0.15, -0.1) is 0 Å². The predicted octanol–water partition coefficient (Wildman–Crippen LogP) is 7.78. The molecule has 2 aliphatic carbocycles. The molecule has 0 spiro atoms. The molecule has 0 fully saturated rings. The topological polar surface area (TPSA) is 26.0 Å². The molecule has 0 saturated heterocycles. The number of para-hydroxylation sites is 1. The zero-order valence-electron chi connectivity index (χ0n) is 18.6. The molecule has 2 N–H and O–H groups in total. The van der Waals surface area contributed by atoms with Gasteiger partial charge in [0.1, 0.15) is 0 Å². The minimum atomic E-state index is 0.822. The zero-order chi connectivity index (χ0) is 22.5. The van der Waals surface area contributed by atoms with Gasteiger partial charge in [0.2, 0.25) is 0 Å². The Kier molecular flexibility index (Phi) is 6.04. The molecule has 160 valence electrons. The second kappa shape index (κ2) is 9.58. The highest BCUT2D eigenvalue weighted by Crippen LogP contribution is 2.36. The van der Waals surface area contributed by atoms with Gasteiger partial charge in [0.15, 0.2) is 0 Å². The molecule has 5 aromatic rings.